The predicted molar refractivity (Wildman–Crippen MR) is 89.9 cm³/mol. The van der Waals surface area contributed by atoms with Crippen molar-refractivity contribution in [2.75, 3.05) is 31.7 Å². The second-order valence-corrected chi connectivity index (χ2v) is 9.07. The summed E-state index contributed by atoms with van der Waals surface area (Å²) in [7, 11) is -0.109. The molecule has 0 bridgehead atoms. The molecule has 8 heteroatoms. The van der Waals surface area contributed by atoms with Crippen LogP contribution in [0, 0.1) is 0 Å². The molecule has 0 atom stereocenters. The van der Waals surface area contributed by atoms with Gasteiger partial charge in [0.1, 0.15) is 11.6 Å². The molecule has 0 radical (unpaired) electrons. The van der Waals surface area contributed by atoms with Crippen LogP contribution in [0.15, 0.2) is 6.07 Å². The average Bonchev–Trinajstić information content (AvgIpc) is 3.28. The zero-order chi connectivity index (χ0) is 16.6. The van der Waals surface area contributed by atoms with Crippen LogP contribution in [-0.4, -0.2) is 55.1 Å². The standard InChI is InChI=1S/C15H25N5O2S/c1-20(2)23(21,22)6-5-17-14-9-13(11-7-12(16)8-11)18-15(19-14)10-3-4-10/h9-12H,3-8,16H2,1-2H3,(H,17,18,19). The van der Waals surface area contributed by atoms with Crippen LogP contribution in [-0.2, 0) is 10.0 Å². The molecular formula is C15H25N5O2S. The fourth-order valence-electron chi connectivity index (χ4n) is 2.70. The van der Waals surface area contributed by atoms with Gasteiger partial charge in [-0.3, -0.25) is 0 Å². The highest BCUT2D eigenvalue weighted by atomic mass is 32.2. The number of nitrogens with zero attached hydrogens (tertiary/aromatic N) is 3. The lowest BCUT2D eigenvalue weighted by Crippen LogP contribution is -2.35. The van der Waals surface area contributed by atoms with Gasteiger partial charge < -0.3 is 11.1 Å². The maximum Gasteiger partial charge on any atom is 0.215 e. The molecule has 2 aliphatic carbocycles. The van der Waals surface area contributed by atoms with Crippen molar-refractivity contribution in [1.82, 2.24) is 14.3 Å². The Balaban J connectivity index is 1.68. The molecule has 1 heterocycles. The molecule has 2 fully saturated rings. The van der Waals surface area contributed by atoms with Crippen molar-refractivity contribution < 1.29 is 8.42 Å². The summed E-state index contributed by atoms with van der Waals surface area (Å²) in [6.07, 6.45) is 4.22. The minimum Gasteiger partial charge on any atom is -0.369 e. The second kappa shape index (κ2) is 6.33. The topological polar surface area (TPSA) is 101 Å². The molecule has 1 aromatic rings. The Morgan fingerprint density at radius 3 is 2.52 bits per heavy atom. The molecule has 0 unspecified atom stereocenters. The summed E-state index contributed by atoms with van der Waals surface area (Å²) in [5.41, 5.74) is 6.92. The SMILES string of the molecule is CN(C)S(=O)(=O)CCNc1cc(C2CC(N)C2)nc(C2CC2)n1. The molecule has 7 nitrogen and oxygen atoms in total. The van der Waals surface area contributed by atoms with Crippen molar-refractivity contribution in [2.45, 2.75) is 43.6 Å². The van der Waals surface area contributed by atoms with Crippen LogP contribution in [0.5, 0.6) is 0 Å². The van der Waals surface area contributed by atoms with Gasteiger partial charge in [0, 0.05) is 50.3 Å². The number of aromatic nitrogens is 2. The largest absolute Gasteiger partial charge is 0.369 e. The first-order valence-electron chi connectivity index (χ1n) is 8.13. The third-order valence-electron chi connectivity index (χ3n) is 4.52. The molecule has 0 spiro atoms. The Morgan fingerprint density at radius 1 is 1.26 bits per heavy atom. The van der Waals surface area contributed by atoms with E-state index in [2.05, 4.69) is 10.3 Å². The van der Waals surface area contributed by atoms with E-state index >= 15 is 0 Å². The molecular weight excluding hydrogens is 314 g/mol. The molecule has 0 aromatic carbocycles. The van der Waals surface area contributed by atoms with E-state index in [1.54, 1.807) is 14.1 Å². The normalized spacial score (nSPS) is 24.5. The van der Waals surface area contributed by atoms with Crippen LogP contribution in [0.2, 0.25) is 0 Å². The molecule has 2 aliphatic rings. The first-order valence-corrected chi connectivity index (χ1v) is 9.74. The Bertz CT molecular complexity index is 666. The fourth-order valence-corrected chi connectivity index (χ4v) is 3.43. The van der Waals surface area contributed by atoms with Crippen molar-refractivity contribution in [1.29, 1.82) is 0 Å². The van der Waals surface area contributed by atoms with Crippen LogP contribution in [0.25, 0.3) is 0 Å². The van der Waals surface area contributed by atoms with Gasteiger partial charge in [-0.25, -0.2) is 22.7 Å². The third kappa shape index (κ3) is 3.99. The Morgan fingerprint density at radius 2 is 1.96 bits per heavy atom. The zero-order valence-corrected chi connectivity index (χ0v) is 14.5. The minimum atomic E-state index is -3.20. The molecule has 3 N–H and O–H groups in total. The molecule has 23 heavy (non-hydrogen) atoms. The summed E-state index contributed by atoms with van der Waals surface area (Å²) >= 11 is 0. The first kappa shape index (κ1) is 16.6. The summed E-state index contributed by atoms with van der Waals surface area (Å²) in [5.74, 6) is 2.55. The Labute approximate surface area is 137 Å². The van der Waals surface area contributed by atoms with Crippen LogP contribution in [0.4, 0.5) is 5.82 Å². The van der Waals surface area contributed by atoms with E-state index in [-0.39, 0.29) is 11.8 Å². The van der Waals surface area contributed by atoms with Gasteiger partial charge in [-0.05, 0) is 25.7 Å². The highest BCUT2D eigenvalue weighted by Gasteiger charge is 2.32. The van der Waals surface area contributed by atoms with E-state index in [1.165, 1.54) is 4.31 Å². The molecule has 0 aliphatic heterocycles. The van der Waals surface area contributed by atoms with Gasteiger partial charge >= 0.3 is 0 Å². The summed E-state index contributed by atoms with van der Waals surface area (Å²) in [6.45, 7) is 0.339. The maximum absolute atomic E-state index is 11.8. The van der Waals surface area contributed by atoms with E-state index in [4.69, 9.17) is 10.7 Å². The summed E-state index contributed by atoms with van der Waals surface area (Å²) in [5, 5.41) is 3.15. The summed E-state index contributed by atoms with van der Waals surface area (Å²) in [6, 6.07) is 2.23. The molecule has 3 rings (SSSR count). The fraction of sp³-hybridized carbons (Fsp3) is 0.733. The van der Waals surface area contributed by atoms with E-state index in [9.17, 15) is 8.42 Å². The number of rotatable bonds is 7. The summed E-state index contributed by atoms with van der Waals surface area (Å²) in [4.78, 5) is 9.26. The number of nitrogens with one attached hydrogen (secondary N) is 1. The quantitative estimate of drug-likeness (QED) is 0.764. The van der Waals surface area contributed by atoms with E-state index in [0.717, 1.165) is 43.0 Å². The Hall–Kier alpha value is -1.25. The van der Waals surface area contributed by atoms with Crippen LogP contribution in [0.1, 0.15) is 49.0 Å². The highest BCUT2D eigenvalue weighted by molar-refractivity contribution is 7.89. The maximum atomic E-state index is 11.8. The molecule has 1 aromatic heterocycles. The summed E-state index contributed by atoms with van der Waals surface area (Å²) < 4.78 is 24.9. The van der Waals surface area contributed by atoms with Crippen LogP contribution >= 0.6 is 0 Å². The zero-order valence-electron chi connectivity index (χ0n) is 13.7. The number of anilines is 1. The highest BCUT2D eigenvalue weighted by Crippen LogP contribution is 2.41. The third-order valence-corrected chi connectivity index (χ3v) is 6.35. The van der Waals surface area contributed by atoms with Crippen molar-refractivity contribution >= 4 is 15.8 Å². The van der Waals surface area contributed by atoms with Gasteiger partial charge in [0.2, 0.25) is 10.0 Å². The van der Waals surface area contributed by atoms with E-state index < -0.39 is 10.0 Å². The molecule has 0 amide bonds. The number of hydrogen-bond acceptors (Lipinski definition) is 6. The van der Waals surface area contributed by atoms with Gasteiger partial charge in [-0.2, -0.15) is 0 Å². The average molecular weight is 339 g/mol. The van der Waals surface area contributed by atoms with Crippen molar-refractivity contribution in [3.63, 3.8) is 0 Å². The van der Waals surface area contributed by atoms with Gasteiger partial charge in [0.05, 0.1) is 5.75 Å². The molecule has 2 saturated carbocycles. The van der Waals surface area contributed by atoms with Gasteiger partial charge in [0.15, 0.2) is 0 Å². The van der Waals surface area contributed by atoms with E-state index in [0.29, 0.717) is 18.4 Å². The van der Waals surface area contributed by atoms with Crippen molar-refractivity contribution in [2.24, 2.45) is 5.73 Å². The minimum absolute atomic E-state index is 0.0480. The van der Waals surface area contributed by atoms with Crippen molar-refractivity contribution in [3.8, 4) is 0 Å². The molecule has 0 saturated heterocycles. The van der Waals surface area contributed by atoms with Gasteiger partial charge in [0.25, 0.3) is 0 Å². The lowest BCUT2D eigenvalue weighted by Gasteiger charge is -2.32. The molecule has 128 valence electrons. The smallest absolute Gasteiger partial charge is 0.215 e. The predicted octanol–water partition coefficient (Wildman–Crippen LogP) is 0.862. The lowest BCUT2D eigenvalue weighted by molar-refractivity contribution is 0.344. The number of sulfonamides is 1. The Kier molecular flexibility index (Phi) is 4.57. The second-order valence-electron chi connectivity index (χ2n) is 6.76. The van der Waals surface area contributed by atoms with Crippen LogP contribution < -0.4 is 11.1 Å². The number of nitrogens with two attached hydrogens (primary N) is 1. The van der Waals surface area contributed by atoms with Crippen LogP contribution in [0.3, 0.4) is 0 Å². The van der Waals surface area contributed by atoms with E-state index in [1.807, 2.05) is 6.07 Å². The lowest BCUT2D eigenvalue weighted by atomic mass is 9.78. The van der Waals surface area contributed by atoms with Gasteiger partial charge in [-0.1, -0.05) is 0 Å². The van der Waals surface area contributed by atoms with Gasteiger partial charge in [-0.15, -0.1) is 0 Å². The van der Waals surface area contributed by atoms with Crippen molar-refractivity contribution in [3.05, 3.63) is 17.6 Å². The number of hydrogen-bond donors (Lipinski definition) is 2. The monoisotopic (exact) mass is 339 g/mol. The first-order chi connectivity index (χ1) is 10.8.